The lowest BCUT2D eigenvalue weighted by atomic mass is 10.1. The fraction of sp³-hybridized carbons (Fsp3) is 0.273. The van der Waals surface area contributed by atoms with E-state index >= 15 is 0 Å². The summed E-state index contributed by atoms with van der Waals surface area (Å²) in [7, 11) is 0. The number of nitrogens with one attached hydrogen (secondary N) is 1. The summed E-state index contributed by atoms with van der Waals surface area (Å²) in [5, 5.41) is 5.48. The van der Waals surface area contributed by atoms with E-state index < -0.39 is 0 Å². The molecule has 0 aliphatic rings. The molecule has 1 N–H and O–H groups in total. The van der Waals surface area contributed by atoms with Crippen LogP contribution in [0.4, 0.5) is 5.13 Å². The SMILES string of the molecule is CCc1ccc(-c2csc(NC(=O)CCCOc3ccc(C)cc3)n2)cc1. The molecule has 0 bridgehead atoms. The standard InChI is InChI=1S/C22H24N2O2S/c1-3-17-8-10-18(11-9-17)20-15-27-22(23-20)24-21(25)5-4-14-26-19-12-6-16(2)7-13-19/h6-13,15H,3-5,14H2,1-2H3,(H,23,24,25). The van der Waals surface area contributed by atoms with Crippen molar-refractivity contribution < 1.29 is 9.53 Å². The van der Waals surface area contributed by atoms with Crippen molar-refractivity contribution >= 4 is 22.4 Å². The van der Waals surface area contributed by atoms with Crippen molar-refractivity contribution in [2.75, 3.05) is 11.9 Å². The normalized spacial score (nSPS) is 10.6. The number of rotatable bonds is 8. The molecule has 5 heteroatoms. The average molecular weight is 381 g/mol. The molecule has 1 amide bonds. The summed E-state index contributed by atoms with van der Waals surface area (Å²) in [4.78, 5) is 16.6. The summed E-state index contributed by atoms with van der Waals surface area (Å²) in [6.07, 6.45) is 2.09. The van der Waals surface area contributed by atoms with Gasteiger partial charge in [0, 0.05) is 17.4 Å². The summed E-state index contributed by atoms with van der Waals surface area (Å²) >= 11 is 1.45. The molecule has 0 saturated carbocycles. The van der Waals surface area contributed by atoms with Crippen LogP contribution in [0.3, 0.4) is 0 Å². The molecule has 0 spiro atoms. The van der Waals surface area contributed by atoms with Crippen LogP contribution in [0.15, 0.2) is 53.9 Å². The number of hydrogen-bond donors (Lipinski definition) is 1. The molecule has 0 aliphatic heterocycles. The van der Waals surface area contributed by atoms with Crippen LogP contribution in [0.2, 0.25) is 0 Å². The van der Waals surface area contributed by atoms with Gasteiger partial charge in [0.2, 0.25) is 5.91 Å². The van der Waals surface area contributed by atoms with E-state index in [2.05, 4.69) is 41.5 Å². The Morgan fingerprint density at radius 2 is 1.85 bits per heavy atom. The van der Waals surface area contributed by atoms with Gasteiger partial charge in [-0.3, -0.25) is 4.79 Å². The van der Waals surface area contributed by atoms with Crippen LogP contribution in [-0.4, -0.2) is 17.5 Å². The Morgan fingerprint density at radius 1 is 1.11 bits per heavy atom. The van der Waals surface area contributed by atoms with Crippen molar-refractivity contribution in [3.63, 3.8) is 0 Å². The minimum atomic E-state index is -0.0373. The smallest absolute Gasteiger partial charge is 0.226 e. The number of aryl methyl sites for hydroxylation is 2. The van der Waals surface area contributed by atoms with Crippen LogP contribution in [0.1, 0.15) is 30.9 Å². The fourth-order valence-electron chi connectivity index (χ4n) is 2.61. The molecular formula is C22H24N2O2S. The van der Waals surface area contributed by atoms with Gasteiger partial charge in [-0.25, -0.2) is 4.98 Å². The Bertz CT molecular complexity index is 870. The van der Waals surface area contributed by atoms with Gasteiger partial charge in [-0.15, -0.1) is 11.3 Å². The number of carbonyl (C=O) groups is 1. The summed E-state index contributed by atoms with van der Waals surface area (Å²) in [6.45, 7) is 4.69. The molecule has 0 saturated heterocycles. The van der Waals surface area contributed by atoms with Crippen LogP contribution >= 0.6 is 11.3 Å². The second-order valence-electron chi connectivity index (χ2n) is 6.40. The highest BCUT2D eigenvalue weighted by molar-refractivity contribution is 7.14. The minimum Gasteiger partial charge on any atom is -0.494 e. The van der Waals surface area contributed by atoms with E-state index in [0.717, 1.165) is 23.4 Å². The predicted octanol–water partition coefficient (Wildman–Crippen LogP) is 5.48. The van der Waals surface area contributed by atoms with E-state index in [-0.39, 0.29) is 5.91 Å². The molecule has 140 valence electrons. The molecule has 2 aromatic carbocycles. The van der Waals surface area contributed by atoms with E-state index in [4.69, 9.17) is 4.74 Å². The van der Waals surface area contributed by atoms with Crippen LogP contribution < -0.4 is 10.1 Å². The maximum atomic E-state index is 12.1. The number of aromatic nitrogens is 1. The zero-order valence-corrected chi connectivity index (χ0v) is 16.5. The molecule has 3 aromatic rings. The largest absolute Gasteiger partial charge is 0.494 e. The highest BCUT2D eigenvalue weighted by atomic mass is 32.1. The molecule has 1 heterocycles. The van der Waals surface area contributed by atoms with Crippen molar-refractivity contribution in [3.05, 3.63) is 65.0 Å². The lowest BCUT2D eigenvalue weighted by Gasteiger charge is -2.06. The van der Waals surface area contributed by atoms with Gasteiger partial charge in [0.25, 0.3) is 0 Å². The Labute approximate surface area is 164 Å². The van der Waals surface area contributed by atoms with Gasteiger partial charge in [-0.05, 0) is 37.5 Å². The Balaban J connectivity index is 1.44. The first-order valence-electron chi connectivity index (χ1n) is 9.18. The number of hydrogen-bond acceptors (Lipinski definition) is 4. The second-order valence-corrected chi connectivity index (χ2v) is 7.26. The van der Waals surface area contributed by atoms with Gasteiger partial charge in [0.15, 0.2) is 5.13 Å². The number of anilines is 1. The highest BCUT2D eigenvalue weighted by Crippen LogP contribution is 2.25. The summed E-state index contributed by atoms with van der Waals surface area (Å²) in [6, 6.07) is 16.3. The molecule has 0 fully saturated rings. The molecule has 1 aromatic heterocycles. The van der Waals surface area contributed by atoms with Gasteiger partial charge in [-0.2, -0.15) is 0 Å². The minimum absolute atomic E-state index is 0.0373. The molecule has 3 rings (SSSR count). The maximum Gasteiger partial charge on any atom is 0.226 e. The molecule has 0 unspecified atom stereocenters. The van der Waals surface area contributed by atoms with Gasteiger partial charge in [-0.1, -0.05) is 48.9 Å². The van der Waals surface area contributed by atoms with E-state index in [9.17, 15) is 4.79 Å². The molecule has 0 radical (unpaired) electrons. The maximum absolute atomic E-state index is 12.1. The topological polar surface area (TPSA) is 51.2 Å². The van der Waals surface area contributed by atoms with Crippen LogP contribution in [0.5, 0.6) is 5.75 Å². The third kappa shape index (κ3) is 5.66. The zero-order valence-electron chi connectivity index (χ0n) is 15.7. The number of thiazole rings is 1. The first kappa shape index (κ1) is 19.1. The van der Waals surface area contributed by atoms with Gasteiger partial charge < -0.3 is 10.1 Å². The van der Waals surface area contributed by atoms with Crippen molar-refractivity contribution in [1.82, 2.24) is 4.98 Å². The first-order valence-corrected chi connectivity index (χ1v) is 10.1. The van der Waals surface area contributed by atoms with Crippen molar-refractivity contribution in [2.24, 2.45) is 0 Å². The molecule has 4 nitrogen and oxygen atoms in total. The number of ether oxygens (including phenoxy) is 1. The predicted molar refractivity (Wildman–Crippen MR) is 111 cm³/mol. The monoisotopic (exact) mass is 380 g/mol. The van der Waals surface area contributed by atoms with Gasteiger partial charge in [0.1, 0.15) is 5.75 Å². The second kappa shape index (κ2) is 9.33. The van der Waals surface area contributed by atoms with Crippen LogP contribution in [0, 0.1) is 6.92 Å². The molecular weight excluding hydrogens is 356 g/mol. The van der Waals surface area contributed by atoms with Crippen LogP contribution in [0.25, 0.3) is 11.3 Å². The Kier molecular flexibility index (Phi) is 6.60. The van der Waals surface area contributed by atoms with E-state index in [1.807, 2.05) is 36.6 Å². The summed E-state index contributed by atoms with van der Waals surface area (Å²) in [5.41, 5.74) is 4.46. The van der Waals surface area contributed by atoms with Gasteiger partial charge in [0.05, 0.1) is 12.3 Å². The quantitative estimate of drug-likeness (QED) is 0.527. The Morgan fingerprint density at radius 3 is 2.56 bits per heavy atom. The lowest BCUT2D eigenvalue weighted by molar-refractivity contribution is -0.116. The fourth-order valence-corrected chi connectivity index (χ4v) is 3.35. The zero-order chi connectivity index (χ0) is 19.1. The summed E-state index contributed by atoms with van der Waals surface area (Å²) in [5.74, 6) is 0.796. The van der Waals surface area contributed by atoms with Crippen LogP contribution in [-0.2, 0) is 11.2 Å². The number of amides is 1. The number of benzene rings is 2. The van der Waals surface area contributed by atoms with Gasteiger partial charge >= 0.3 is 0 Å². The van der Waals surface area contributed by atoms with E-state index in [1.54, 1.807) is 0 Å². The lowest BCUT2D eigenvalue weighted by Crippen LogP contribution is -2.12. The van der Waals surface area contributed by atoms with Crippen molar-refractivity contribution in [1.29, 1.82) is 0 Å². The number of carbonyl (C=O) groups excluding carboxylic acids is 1. The van der Waals surface area contributed by atoms with E-state index in [0.29, 0.717) is 24.6 Å². The van der Waals surface area contributed by atoms with E-state index in [1.165, 1.54) is 22.5 Å². The molecule has 0 atom stereocenters. The number of nitrogens with zero attached hydrogens (tertiary/aromatic N) is 1. The highest BCUT2D eigenvalue weighted by Gasteiger charge is 2.08. The third-order valence-electron chi connectivity index (χ3n) is 4.25. The average Bonchev–Trinajstić information content (AvgIpc) is 3.15. The van der Waals surface area contributed by atoms with Crippen molar-refractivity contribution in [3.8, 4) is 17.0 Å². The molecule has 0 aliphatic carbocycles. The first-order chi connectivity index (χ1) is 13.1. The Hall–Kier alpha value is -2.66. The summed E-state index contributed by atoms with van der Waals surface area (Å²) < 4.78 is 5.65. The third-order valence-corrected chi connectivity index (χ3v) is 5.00. The molecule has 27 heavy (non-hydrogen) atoms. The van der Waals surface area contributed by atoms with Crippen molar-refractivity contribution in [2.45, 2.75) is 33.1 Å².